The number of hydrazone groups is 1. The Morgan fingerprint density at radius 2 is 1.35 bits per heavy atom. The highest BCUT2D eigenvalue weighted by molar-refractivity contribution is 7.89. The molecule has 1 aliphatic rings. The summed E-state index contributed by atoms with van der Waals surface area (Å²) >= 11 is 0. The Kier molecular flexibility index (Phi) is 6.35. The Bertz CT molecular complexity index is 1590. The zero-order chi connectivity index (χ0) is 26.0. The van der Waals surface area contributed by atoms with E-state index >= 15 is 0 Å². The molecule has 0 saturated heterocycles. The van der Waals surface area contributed by atoms with E-state index in [1.54, 1.807) is 24.3 Å². The first-order valence-corrected chi connectivity index (χ1v) is 13.4. The lowest BCUT2D eigenvalue weighted by Crippen LogP contribution is -2.44. The molecule has 0 aromatic heterocycles. The standard InChI is InChI=1S/C29H27N5O2S/c1-20-8-14-23(15-9-20)28(32-34-37(35,36)25-18-12-22(3)13-19-25)29(24-16-10-21(2)11-17-24)30-26-6-4-5-7-27(26)31-33-29/h4-19,30,34H,1-3H3/b32-28+. The number of hydrogen-bond acceptors (Lipinski definition) is 6. The van der Waals surface area contributed by atoms with E-state index < -0.39 is 15.7 Å². The third-order valence-corrected chi connectivity index (χ3v) is 7.50. The first-order chi connectivity index (χ1) is 17.8. The van der Waals surface area contributed by atoms with Gasteiger partial charge in [-0.3, -0.25) is 0 Å². The van der Waals surface area contributed by atoms with E-state index in [4.69, 9.17) is 5.11 Å². The summed E-state index contributed by atoms with van der Waals surface area (Å²) in [6, 6.07) is 29.8. The van der Waals surface area contributed by atoms with E-state index in [2.05, 4.69) is 20.4 Å². The molecule has 186 valence electrons. The minimum atomic E-state index is -3.94. The molecule has 0 saturated carbocycles. The number of nitrogens with one attached hydrogen (secondary N) is 2. The summed E-state index contributed by atoms with van der Waals surface area (Å²) in [5.74, 6) is 0. The molecule has 1 heterocycles. The van der Waals surface area contributed by atoms with Crippen LogP contribution in [-0.2, 0) is 15.7 Å². The second-order valence-corrected chi connectivity index (χ2v) is 10.8. The van der Waals surface area contributed by atoms with Gasteiger partial charge in [-0.15, -0.1) is 5.11 Å². The van der Waals surface area contributed by atoms with Crippen LogP contribution in [0.15, 0.2) is 117 Å². The number of fused-ring (bicyclic) bond motifs is 1. The van der Waals surface area contributed by atoms with Gasteiger partial charge in [-0.1, -0.05) is 89.5 Å². The Labute approximate surface area is 217 Å². The second-order valence-electron chi connectivity index (χ2n) is 9.15. The summed E-state index contributed by atoms with van der Waals surface area (Å²) in [5.41, 5.74) is 5.11. The third-order valence-electron chi connectivity index (χ3n) is 6.27. The van der Waals surface area contributed by atoms with Crippen molar-refractivity contribution in [2.75, 3.05) is 5.32 Å². The van der Waals surface area contributed by atoms with Crippen molar-refractivity contribution in [2.45, 2.75) is 31.3 Å². The van der Waals surface area contributed by atoms with Gasteiger partial charge in [0.05, 0.1) is 10.6 Å². The van der Waals surface area contributed by atoms with Gasteiger partial charge in [-0.25, -0.2) is 0 Å². The summed E-state index contributed by atoms with van der Waals surface area (Å²) in [6.45, 7) is 5.90. The van der Waals surface area contributed by atoms with Crippen LogP contribution < -0.4 is 10.1 Å². The van der Waals surface area contributed by atoms with Crippen molar-refractivity contribution in [3.05, 3.63) is 125 Å². The van der Waals surface area contributed by atoms with Gasteiger partial charge < -0.3 is 5.32 Å². The van der Waals surface area contributed by atoms with Gasteiger partial charge in [0, 0.05) is 11.1 Å². The van der Waals surface area contributed by atoms with Crippen molar-refractivity contribution in [1.29, 1.82) is 0 Å². The van der Waals surface area contributed by atoms with Crippen LogP contribution in [-0.4, -0.2) is 14.1 Å². The molecule has 0 bridgehead atoms. The predicted molar refractivity (Wildman–Crippen MR) is 147 cm³/mol. The first-order valence-electron chi connectivity index (χ1n) is 11.9. The highest BCUT2D eigenvalue weighted by atomic mass is 32.2. The number of nitrogens with zero attached hydrogens (tertiary/aromatic N) is 3. The molecular weight excluding hydrogens is 482 g/mol. The van der Waals surface area contributed by atoms with Crippen molar-refractivity contribution in [3.63, 3.8) is 0 Å². The number of aryl methyl sites for hydroxylation is 3. The van der Waals surface area contributed by atoms with Crippen LogP contribution in [0.2, 0.25) is 0 Å². The molecule has 0 radical (unpaired) electrons. The average Bonchev–Trinajstić information content (AvgIpc) is 2.90. The topological polar surface area (TPSA) is 95.3 Å². The average molecular weight is 510 g/mol. The summed E-state index contributed by atoms with van der Waals surface area (Å²) in [4.78, 5) is 2.58. The minimum Gasteiger partial charge on any atom is -0.349 e. The van der Waals surface area contributed by atoms with Crippen LogP contribution >= 0.6 is 0 Å². The number of anilines is 1. The van der Waals surface area contributed by atoms with Gasteiger partial charge >= 0.3 is 0 Å². The van der Waals surface area contributed by atoms with Crippen LogP contribution in [0.25, 0.3) is 0 Å². The Hall–Kier alpha value is -4.30. The Morgan fingerprint density at radius 3 is 2.00 bits per heavy atom. The van der Waals surface area contributed by atoms with Crippen molar-refractivity contribution in [3.8, 4) is 0 Å². The molecule has 4 aromatic rings. The fraction of sp³-hybridized carbons (Fsp3) is 0.138. The van der Waals surface area contributed by atoms with Crippen molar-refractivity contribution >= 4 is 27.1 Å². The monoisotopic (exact) mass is 509 g/mol. The quantitative estimate of drug-likeness (QED) is 0.234. The maximum atomic E-state index is 13.2. The fourth-order valence-corrected chi connectivity index (χ4v) is 4.94. The molecule has 2 N–H and O–H groups in total. The lowest BCUT2D eigenvalue weighted by atomic mass is 9.88. The first kappa shape index (κ1) is 24.4. The highest BCUT2D eigenvalue weighted by Gasteiger charge is 2.42. The Morgan fingerprint density at radius 1 is 0.784 bits per heavy atom. The van der Waals surface area contributed by atoms with Gasteiger partial charge in [-0.05, 0) is 45.0 Å². The van der Waals surface area contributed by atoms with Crippen LogP contribution in [0.1, 0.15) is 27.8 Å². The number of para-hydroxylation sites is 1. The van der Waals surface area contributed by atoms with Crippen molar-refractivity contribution in [1.82, 2.24) is 4.83 Å². The molecule has 5 rings (SSSR count). The van der Waals surface area contributed by atoms with Crippen LogP contribution in [0.5, 0.6) is 0 Å². The number of benzene rings is 4. The molecule has 1 unspecified atom stereocenters. The SMILES string of the molecule is Cc1ccc(/C(=N\NS(=O)(=O)c2ccc(C)cc2)C2(c3ccc(C)cc3)N=Nc3ccccc3N2)cc1. The zero-order valence-electron chi connectivity index (χ0n) is 20.8. The smallest absolute Gasteiger partial charge is 0.276 e. The molecule has 0 spiro atoms. The predicted octanol–water partition coefficient (Wildman–Crippen LogP) is 6.36. The van der Waals surface area contributed by atoms with Crippen LogP contribution in [0, 0.1) is 20.8 Å². The van der Waals surface area contributed by atoms with Crippen molar-refractivity contribution < 1.29 is 8.42 Å². The molecule has 8 heteroatoms. The zero-order valence-corrected chi connectivity index (χ0v) is 21.6. The molecule has 1 atom stereocenters. The van der Waals surface area contributed by atoms with Gasteiger partial charge in [0.15, 0.2) is 0 Å². The molecule has 7 nitrogen and oxygen atoms in total. The summed E-state index contributed by atoms with van der Waals surface area (Å²) in [5, 5.41) is 17.3. The van der Waals surface area contributed by atoms with Gasteiger partial charge in [0.1, 0.15) is 11.4 Å². The Balaban J connectivity index is 1.70. The molecule has 4 aromatic carbocycles. The molecule has 37 heavy (non-hydrogen) atoms. The van der Waals surface area contributed by atoms with Gasteiger partial charge in [-0.2, -0.15) is 23.5 Å². The van der Waals surface area contributed by atoms with Gasteiger partial charge in [0.25, 0.3) is 10.0 Å². The molecule has 1 aliphatic heterocycles. The number of azo groups is 1. The maximum absolute atomic E-state index is 13.2. The number of hydrogen-bond donors (Lipinski definition) is 2. The van der Waals surface area contributed by atoms with E-state index in [-0.39, 0.29) is 4.90 Å². The molecule has 0 fully saturated rings. The second kappa shape index (κ2) is 9.63. The van der Waals surface area contributed by atoms with E-state index in [0.29, 0.717) is 17.0 Å². The molecule has 0 aliphatic carbocycles. The van der Waals surface area contributed by atoms with Crippen molar-refractivity contribution in [2.24, 2.45) is 15.3 Å². The van der Waals surface area contributed by atoms with E-state index in [1.165, 1.54) is 0 Å². The maximum Gasteiger partial charge on any atom is 0.276 e. The number of rotatable bonds is 6. The van der Waals surface area contributed by atoms with Gasteiger partial charge in [0.2, 0.25) is 5.66 Å². The summed E-state index contributed by atoms with van der Waals surface area (Å²) < 4.78 is 26.4. The molecule has 0 amide bonds. The third kappa shape index (κ3) is 4.88. The van der Waals surface area contributed by atoms with E-state index in [1.807, 2.05) is 93.6 Å². The number of sulfonamides is 1. The lowest BCUT2D eigenvalue weighted by Gasteiger charge is -2.35. The van der Waals surface area contributed by atoms with E-state index in [9.17, 15) is 8.42 Å². The summed E-state index contributed by atoms with van der Waals surface area (Å²) in [7, 11) is -3.94. The minimum absolute atomic E-state index is 0.123. The largest absolute Gasteiger partial charge is 0.349 e. The molecular formula is C29H27N5O2S. The lowest BCUT2D eigenvalue weighted by molar-refractivity contribution is 0.582. The normalized spacial score (nSPS) is 17.1. The fourth-order valence-electron chi connectivity index (χ4n) is 4.12. The van der Waals surface area contributed by atoms with E-state index in [0.717, 1.165) is 27.9 Å². The highest BCUT2D eigenvalue weighted by Crippen LogP contribution is 2.41. The summed E-state index contributed by atoms with van der Waals surface area (Å²) in [6.07, 6.45) is 0. The van der Waals surface area contributed by atoms with Crippen LogP contribution in [0.4, 0.5) is 11.4 Å². The van der Waals surface area contributed by atoms with Crippen LogP contribution in [0.3, 0.4) is 0 Å².